The summed E-state index contributed by atoms with van der Waals surface area (Å²) in [6.45, 7) is 0.954. The van der Waals surface area contributed by atoms with Crippen LogP contribution in [0.25, 0.3) is 0 Å². The third kappa shape index (κ3) is 3.45. The van der Waals surface area contributed by atoms with Gasteiger partial charge in [0.25, 0.3) is 0 Å². The lowest BCUT2D eigenvalue weighted by molar-refractivity contribution is -0.145. The van der Waals surface area contributed by atoms with Gasteiger partial charge in [0.1, 0.15) is 11.8 Å². The molecule has 2 aromatic carbocycles. The van der Waals surface area contributed by atoms with Gasteiger partial charge in [-0.25, -0.2) is 0 Å². The van der Waals surface area contributed by atoms with E-state index in [0.717, 1.165) is 42.0 Å². The summed E-state index contributed by atoms with van der Waals surface area (Å²) in [5.41, 5.74) is 2.03. The molecule has 0 bridgehead atoms. The maximum absolute atomic E-state index is 11.9. The van der Waals surface area contributed by atoms with Crippen LogP contribution in [-0.4, -0.2) is 42.5 Å². The maximum atomic E-state index is 11.9. The second kappa shape index (κ2) is 7.48. The Labute approximate surface area is 158 Å². The predicted octanol–water partition coefficient (Wildman–Crippen LogP) is 3.45. The Morgan fingerprint density at radius 3 is 2.59 bits per heavy atom. The molecule has 142 valence electrons. The van der Waals surface area contributed by atoms with Crippen LogP contribution < -0.4 is 14.2 Å². The molecule has 2 unspecified atom stereocenters. The maximum Gasteiger partial charge on any atom is 0.320 e. The third-order valence-electron chi connectivity index (χ3n) is 5.30. The minimum absolute atomic E-state index is 0.174. The molecule has 0 amide bonds. The number of aliphatic carboxylic acids is 1. The average Bonchev–Trinajstić information content (AvgIpc) is 3.17. The molecule has 6 heteroatoms. The Morgan fingerprint density at radius 2 is 1.85 bits per heavy atom. The second-order valence-electron chi connectivity index (χ2n) is 6.88. The van der Waals surface area contributed by atoms with Gasteiger partial charge < -0.3 is 19.3 Å². The highest BCUT2D eigenvalue weighted by Gasteiger charge is 2.35. The van der Waals surface area contributed by atoms with E-state index in [4.69, 9.17) is 14.2 Å². The minimum Gasteiger partial charge on any atom is -0.497 e. The monoisotopic (exact) mass is 369 g/mol. The summed E-state index contributed by atoms with van der Waals surface area (Å²) in [7, 11) is 1.63. The van der Waals surface area contributed by atoms with Crippen LogP contribution in [0.4, 0.5) is 0 Å². The smallest absolute Gasteiger partial charge is 0.320 e. The molecule has 1 fully saturated rings. The van der Waals surface area contributed by atoms with Gasteiger partial charge in [-0.2, -0.15) is 0 Å². The van der Waals surface area contributed by atoms with Gasteiger partial charge in [-0.05, 0) is 54.8 Å². The highest BCUT2D eigenvalue weighted by molar-refractivity contribution is 5.73. The first-order valence-electron chi connectivity index (χ1n) is 9.19. The number of rotatable bonds is 5. The number of nitrogens with zero attached hydrogens (tertiary/aromatic N) is 1. The van der Waals surface area contributed by atoms with E-state index in [1.165, 1.54) is 0 Å². The van der Waals surface area contributed by atoms with Crippen LogP contribution in [0.1, 0.15) is 36.4 Å². The van der Waals surface area contributed by atoms with E-state index in [1.54, 1.807) is 7.11 Å². The van der Waals surface area contributed by atoms with E-state index in [9.17, 15) is 9.90 Å². The summed E-state index contributed by atoms with van der Waals surface area (Å²) in [5.74, 6) is 1.43. The lowest BCUT2D eigenvalue weighted by atomic mass is 9.91. The Hall–Kier alpha value is -2.73. The van der Waals surface area contributed by atoms with Gasteiger partial charge in [-0.3, -0.25) is 9.69 Å². The summed E-state index contributed by atoms with van der Waals surface area (Å²) in [5, 5.41) is 9.78. The van der Waals surface area contributed by atoms with Gasteiger partial charge in [0.2, 0.25) is 6.79 Å². The Morgan fingerprint density at radius 1 is 1.11 bits per heavy atom. The van der Waals surface area contributed by atoms with E-state index in [-0.39, 0.29) is 12.8 Å². The number of carboxylic acids is 1. The first-order chi connectivity index (χ1) is 13.2. The summed E-state index contributed by atoms with van der Waals surface area (Å²) in [4.78, 5) is 14.0. The fourth-order valence-electron chi connectivity index (χ4n) is 3.97. The normalized spacial score (nSPS) is 20.3. The van der Waals surface area contributed by atoms with Crippen LogP contribution in [0, 0.1) is 0 Å². The van der Waals surface area contributed by atoms with Gasteiger partial charge >= 0.3 is 5.97 Å². The predicted molar refractivity (Wildman–Crippen MR) is 99.4 cm³/mol. The van der Waals surface area contributed by atoms with Crippen molar-refractivity contribution in [3.05, 3.63) is 53.6 Å². The molecule has 1 N–H and O–H groups in total. The van der Waals surface area contributed by atoms with Crippen molar-refractivity contribution in [2.45, 2.75) is 31.3 Å². The summed E-state index contributed by atoms with van der Waals surface area (Å²) in [6, 6.07) is 13.0. The number of likely N-dealkylation sites (tertiary alicyclic amines) is 1. The third-order valence-corrected chi connectivity index (χ3v) is 5.30. The molecule has 2 aliphatic rings. The molecule has 0 aliphatic carbocycles. The number of hydrogen-bond donors (Lipinski definition) is 1. The number of piperidine rings is 1. The quantitative estimate of drug-likeness (QED) is 0.871. The Kier molecular flexibility index (Phi) is 4.90. The molecule has 0 spiro atoms. The number of methoxy groups -OCH3 is 1. The topological polar surface area (TPSA) is 68.2 Å². The largest absolute Gasteiger partial charge is 0.497 e. The van der Waals surface area contributed by atoms with Crippen molar-refractivity contribution in [3.63, 3.8) is 0 Å². The van der Waals surface area contributed by atoms with Crippen molar-refractivity contribution >= 4 is 5.97 Å². The second-order valence-corrected chi connectivity index (χ2v) is 6.88. The van der Waals surface area contributed by atoms with Crippen molar-refractivity contribution in [1.82, 2.24) is 4.90 Å². The molecule has 6 nitrogen and oxygen atoms in total. The molecular formula is C21H23NO5. The molecule has 2 aliphatic heterocycles. The summed E-state index contributed by atoms with van der Waals surface area (Å²) in [6.07, 6.45) is 2.58. The molecule has 0 aromatic heterocycles. The zero-order valence-electron chi connectivity index (χ0n) is 15.3. The van der Waals surface area contributed by atoms with Crippen LogP contribution in [-0.2, 0) is 4.79 Å². The van der Waals surface area contributed by atoms with Crippen molar-refractivity contribution in [2.75, 3.05) is 20.4 Å². The van der Waals surface area contributed by atoms with Crippen molar-refractivity contribution in [1.29, 1.82) is 0 Å². The first-order valence-corrected chi connectivity index (χ1v) is 9.19. The van der Waals surface area contributed by atoms with Gasteiger partial charge in [-0.1, -0.05) is 24.6 Å². The molecule has 4 rings (SSSR count). The van der Waals surface area contributed by atoms with Crippen LogP contribution in [0.5, 0.6) is 17.2 Å². The van der Waals surface area contributed by atoms with Crippen LogP contribution in [0.3, 0.4) is 0 Å². The Balaban J connectivity index is 1.77. The number of carbonyl (C=O) groups is 1. The molecule has 2 heterocycles. The summed E-state index contributed by atoms with van der Waals surface area (Å²) >= 11 is 0. The van der Waals surface area contributed by atoms with Crippen molar-refractivity contribution in [3.8, 4) is 17.2 Å². The average molecular weight is 369 g/mol. The lowest BCUT2D eigenvalue weighted by Crippen LogP contribution is -2.46. The molecule has 2 atom stereocenters. The van der Waals surface area contributed by atoms with Crippen LogP contribution in [0.15, 0.2) is 42.5 Å². The number of hydrogen-bond acceptors (Lipinski definition) is 5. The SMILES string of the molecule is COc1ccc(C(c2ccc3c(c2)OCO3)N2CCCCC2C(=O)O)cc1. The van der Waals surface area contributed by atoms with Gasteiger partial charge in [0.15, 0.2) is 11.5 Å². The lowest BCUT2D eigenvalue weighted by Gasteiger charge is -2.39. The Bertz CT molecular complexity index is 820. The summed E-state index contributed by atoms with van der Waals surface area (Å²) < 4.78 is 16.2. The first kappa shape index (κ1) is 17.7. The zero-order valence-corrected chi connectivity index (χ0v) is 15.3. The molecule has 27 heavy (non-hydrogen) atoms. The number of ether oxygens (including phenoxy) is 3. The van der Waals surface area contributed by atoms with E-state index >= 15 is 0 Å². The van der Waals surface area contributed by atoms with Gasteiger partial charge in [0.05, 0.1) is 13.2 Å². The molecule has 0 saturated carbocycles. The molecule has 0 radical (unpaired) electrons. The van der Waals surface area contributed by atoms with E-state index in [1.807, 2.05) is 42.5 Å². The van der Waals surface area contributed by atoms with E-state index in [2.05, 4.69) is 4.90 Å². The van der Waals surface area contributed by atoms with Crippen molar-refractivity contribution < 1.29 is 24.1 Å². The van der Waals surface area contributed by atoms with Gasteiger partial charge in [0, 0.05) is 0 Å². The fraction of sp³-hybridized carbons (Fsp3) is 0.381. The van der Waals surface area contributed by atoms with Gasteiger partial charge in [-0.15, -0.1) is 0 Å². The van der Waals surface area contributed by atoms with Crippen molar-refractivity contribution in [2.24, 2.45) is 0 Å². The highest BCUT2D eigenvalue weighted by Crippen LogP contribution is 2.40. The standard InChI is InChI=1S/C21H23NO5/c1-25-16-8-5-14(6-9-16)20(22-11-3-2-4-17(22)21(23)24)15-7-10-18-19(12-15)27-13-26-18/h5-10,12,17,20H,2-4,11,13H2,1H3,(H,23,24). The minimum atomic E-state index is -0.769. The molecular weight excluding hydrogens is 346 g/mol. The fourth-order valence-corrected chi connectivity index (χ4v) is 3.97. The molecule has 1 saturated heterocycles. The zero-order chi connectivity index (χ0) is 18.8. The van der Waals surface area contributed by atoms with Crippen LogP contribution in [0.2, 0.25) is 0 Å². The van der Waals surface area contributed by atoms with Crippen LogP contribution >= 0.6 is 0 Å². The van der Waals surface area contributed by atoms with E-state index < -0.39 is 12.0 Å². The highest BCUT2D eigenvalue weighted by atomic mass is 16.7. The number of benzene rings is 2. The van der Waals surface area contributed by atoms with E-state index in [0.29, 0.717) is 12.2 Å². The number of fused-ring (bicyclic) bond motifs is 1. The number of carboxylic acid groups (broad SMARTS) is 1. The molecule has 2 aromatic rings.